The van der Waals surface area contributed by atoms with E-state index in [-0.39, 0.29) is 5.78 Å². The van der Waals surface area contributed by atoms with Gasteiger partial charge in [-0.25, -0.2) is 4.68 Å². The van der Waals surface area contributed by atoms with E-state index in [0.717, 1.165) is 22.6 Å². The Morgan fingerprint density at radius 3 is 2.33 bits per heavy atom. The summed E-state index contributed by atoms with van der Waals surface area (Å²) < 4.78 is 1.86. The monoisotopic (exact) mass is 243 g/mol. The van der Waals surface area contributed by atoms with E-state index in [2.05, 4.69) is 5.10 Å². The number of hydrogen-bond acceptors (Lipinski definition) is 3. The summed E-state index contributed by atoms with van der Waals surface area (Å²) in [5, 5.41) is 4.48. The molecule has 1 aromatic carbocycles. The molecule has 0 fully saturated rings. The van der Waals surface area contributed by atoms with Crippen LogP contribution in [0.25, 0.3) is 5.69 Å². The van der Waals surface area contributed by atoms with Gasteiger partial charge in [-0.1, -0.05) is 0 Å². The number of hydrogen-bond donors (Lipinski definition) is 1. The molecule has 4 heteroatoms. The fourth-order valence-electron chi connectivity index (χ4n) is 2.06. The average Bonchev–Trinajstić information content (AvgIpc) is 2.64. The summed E-state index contributed by atoms with van der Waals surface area (Å²) in [4.78, 5) is 11.2. The molecule has 0 saturated heterocycles. The van der Waals surface area contributed by atoms with Gasteiger partial charge in [0.25, 0.3) is 0 Å². The van der Waals surface area contributed by atoms with Crippen LogP contribution >= 0.6 is 0 Å². The maximum Gasteiger partial charge on any atom is 0.159 e. The minimum Gasteiger partial charge on any atom is -0.326 e. The molecule has 0 spiro atoms. The van der Waals surface area contributed by atoms with Gasteiger partial charge in [-0.3, -0.25) is 4.79 Å². The number of aryl methyl sites for hydroxylation is 1. The fraction of sp³-hybridized carbons (Fsp3) is 0.286. The van der Waals surface area contributed by atoms with Crippen molar-refractivity contribution >= 4 is 5.78 Å². The van der Waals surface area contributed by atoms with Crippen molar-refractivity contribution in [2.75, 3.05) is 0 Å². The van der Waals surface area contributed by atoms with Crippen LogP contribution in [0.2, 0.25) is 0 Å². The number of rotatable bonds is 3. The van der Waals surface area contributed by atoms with Crippen LogP contribution < -0.4 is 5.73 Å². The van der Waals surface area contributed by atoms with Gasteiger partial charge in [0.05, 0.1) is 11.4 Å². The Bertz CT molecular complexity index is 582. The number of nitrogens with zero attached hydrogens (tertiary/aromatic N) is 2. The van der Waals surface area contributed by atoms with E-state index in [1.165, 1.54) is 0 Å². The highest BCUT2D eigenvalue weighted by atomic mass is 16.1. The molecule has 2 aromatic rings. The molecule has 0 amide bonds. The van der Waals surface area contributed by atoms with Crippen LogP contribution in [-0.4, -0.2) is 15.6 Å². The summed E-state index contributed by atoms with van der Waals surface area (Å²) in [6, 6.07) is 7.43. The Morgan fingerprint density at radius 1 is 1.28 bits per heavy atom. The van der Waals surface area contributed by atoms with Crippen LogP contribution in [0.15, 0.2) is 24.3 Å². The van der Waals surface area contributed by atoms with E-state index in [4.69, 9.17) is 5.73 Å². The molecular formula is C14H17N3O. The van der Waals surface area contributed by atoms with E-state index in [9.17, 15) is 4.79 Å². The maximum atomic E-state index is 11.2. The predicted molar refractivity (Wildman–Crippen MR) is 70.9 cm³/mol. The number of ketones is 1. The maximum absolute atomic E-state index is 11.2. The quantitative estimate of drug-likeness (QED) is 0.840. The SMILES string of the molecule is CC(=O)c1ccc(-n2nc(C)c(CN)c2C)cc1. The molecule has 18 heavy (non-hydrogen) atoms. The second-order valence-electron chi connectivity index (χ2n) is 4.37. The lowest BCUT2D eigenvalue weighted by atomic mass is 10.1. The third-order valence-corrected chi connectivity index (χ3v) is 3.16. The van der Waals surface area contributed by atoms with E-state index in [0.29, 0.717) is 12.1 Å². The Labute approximate surface area is 106 Å². The van der Waals surface area contributed by atoms with Crippen molar-refractivity contribution in [3.63, 3.8) is 0 Å². The van der Waals surface area contributed by atoms with Crippen LogP contribution in [-0.2, 0) is 6.54 Å². The zero-order chi connectivity index (χ0) is 13.3. The molecule has 94 valence electrons. The van der Waals surface area contributed by atoms with E-state index in [1.54, 1.807) is 6.92 Å². The molecule has 0 bridgehead atoms. The number of aromatic nitrogens is 2. The van der Waals surface area contributed by atoms with Gasteiger partial charge in [-0.05, 0) is 45.0 Å². The summed E-state index contributed by atoms with van der Waals surface area (Å²) in [5.41, 5.74) is 10.4. The first-order valence-corrected chi connectivity index (χ1v) is 5.91. The van der Waals surface area contributed by atoms with Crippen LogP contribution in [0.3, 0.4) is 0 Å². The van der Waals surface area contributed by atoms with Gasteiger partial charge in [0.2, 0.25) is 0 Å². The zero-order valence-corrected chi connectivity index (χ0v) is 10.9. The van der Waals surface area contributed by atoms with E-state index >= 15 is 0 Å². The third kappa shape index (κ3) is 2.07. The zero-order valence-electron chi connectivity index (χ0n) is 10.9. The summed E-state index contributed by atoms with van der Waals surface area (Å²) >= 11 is 0. The van der Waals surface area contributed by atoms with Gasteiger partial charge >= 0.3 is 0 Å². The largest absolute Gasteiger partial charge is 0.326 e. The topological polar surface area (TPSA) is 60.9 Å². The normalized spacial score (nSPS) is 10.7. The van der Waals surface area contributed by atoms with Crippen molar-refractivity contribution in [2.45, 2.75) is 27.3 Å². The van der Waals surface area contributed by atoms with Crippen molar-refractivity contribution in [3.05, 3.63) is 46.8 Å². The average molecular weight is 243 g/mol. The lowest BCUT2D eigenvalue weighted by Gasteiger charge is -2.05. The molecule has 0 aliphatic heterocycles. The van der Waals surface area contributed by atoms with Crippen molar-refractivity contribution in [3.8, 4) is 5.69 Å². The molecule has 1 aromatic heterocycles. The fourth-order valence-corrected chi connectivity index (χ4v) is 2.06. The Morgan fingerprint density at radius 2 is 1.89 bits per heavy atom. The number of nitrogens with two attached hydrogens (primary N) is 1. The Hall–Kier alpha value is -1.94. The summed E-state index contributed by atoms with van der Waals surface area (Å²) in [5.74, 6) is 0.0672. The highest BCUT2D eigenvalue weighted by Crippen LogP contribution is 2.17. The molecule has 1 heterocycles. The number of carbonyl (C=O) groups excluding carboxylic acids is 1. The molecule has 0 atom stereocenters. The smallest absolute Gasteiger partial charge is 0.159 e. The van der Waals surface area contributed by atoms with Crippen LogP contribution in [0.1, 0.15) is 34.2 Å². The first kappa shape index (κ1) is 12.5. The van der Waals surface area contributed by atoms with Gasteiger partial charge in [-0.2, -0.15) is 5.10 Å². The van der Waals surface area contributed by atoms with Gasteiger partial charge in [0, 0.05) is 23.4 Å². The lowest BCUT2D eigenvalue weighted by Crippen LogP contribution is -2.02. The molecule has 0 aliphatic carbocycles. The molecule has 0 aliphatic rings. The number of Topliss-reactive ketones (excluding diaryl/α,β-unsaturated/α-hetero) is 1. The molecule has 0 unspecified atom stereocenters. The van der Waals surface area contributed by atoms with Crippen molar-refractivity contribution in [2.24, 2.45) is 5.73 Å². The van der Waals surface area contributed by atoms with Crippen LogP contribution in [0.5, 0.6) is 0 Å². The summed E-state index contributed by atoms with van der Waals surface area (Å²) in [6.45, 7) is 6.00. The van der Waals surface area contributed by atoms with Gasteiger partial charge in [0.1, 0.15) is 0 Å². The van der Waals surface area contributed by atoms with Crippen molar-refractivity contribution in [1.82, 2.24) is 9.78 Å². The highest BCUT2D eigenvalue weighted by molar-refractivity contribution is 5.94. The van der Waals surface area contributed by atoms with Crippen LogP contribution in [0, 0.1) is 13.8 Å². The molecule has 4 nitrogen and oxygen atoms in total. The summed E-state index contributed by atoms with van der Waals surface area (Å²) in [7, 11) is 0. The molecule has 2 rings (SSSR count). The predicted octanol–water partition coefficient (Wildman–Crippen LogP) is 2.15. The van der Waals surface area contributed by atoms with Crippen molar-refractivity contribution < 1.29 is 4.79 Å². The van der Waals surface area contributed by atoms with Crippen molar-refractivity contribution in [1.29, 1.82) is 0 Å². The summed E-state index contributed by atoms with van der Waals surface area (Å²) in [6.07, 6.45) is 0. The van der Waals surface area contributed by atoms with Gasteiger partial charge in [0.15, 0.2) is 5.78 Å². The lowest BCUT2D eigenvalue weighted by molar-refractivity contribution is 0.101. The van der Waals surface area contributed by atoms with Crippen LogP contribution in [0.4, 0.5) is 0 Å². The van der Waals surface area contributed by atoms with Gasteiger partial charge in [-0.15, -0.1) is 0 Å². The Kier molecular flexibility index (Phi) is 3.30. The molecule has 0 radical (unpaired) electrons. The first-order valence-electron chi connectivity index (χ1n) is 5.91. The molecular weight excluding hydrogens is 226 g/mol. The minimum atomic E-state index is 0.0672. The second kappa shape index (κ2) is 4.74. The minimum absolute atomic E-state index is 0.0672. The molecule has 2 N–H and O–H groups in total. The third-order valence-electron chi connectivity index (χ3n) is 3.16. The van der Waals surface area contributed by atoms with E-state index in [1.807, 2.05) is 42.8 Å². The van der Waals surface area contributed by atoms with Gasteiger partial charge < -0.3 is 5.73 Å². The second-order valence-corrected chi connectivity index (χ2v) is 4.37. The number of benzene rings is 1. The first-order chi connectivity index (χ1) is 8.54. The standard InChI is InChI=1S/C14H17N3O/c1-9-14(8-15)10(2)17(16-9)13-6-4-12(5-7-13)11(3)18/h4-7H,8,15H2,1-3H3. The van der Waals surface area contributed by atoms with E-state index < -0.39 is 0 Å². The molecule has 0 saturated carbocycles. The highest BCUT2D eigenvalue weighted by Gasteiger charge is 2.11. The Balaban J connectivity index is 2.46. The number of carbonyl (C=O) groups is 1.